The van der Waals surface area contributed by atoms with Crippen LogP contribution in [0.25, 0.3) is 0 Å². The van der Waals surface area contributed by atoms with E-state index >= 15 is 0 Å². The Morgan fingerprint density at radius 3 is 2.85 bits per heavy atom. The first kappa shape index (κ1) is 17.2. The number of nitriles is 1. The molecule has 0 aromatic carbocycles. The fourth-order valence-electron chi connectivity index (χ4n) is 3.75. The molecule has 4 heterocycles. The van der Waals surface area contributed by atoms with Crippen LogP contribution in [0.3, 0.4) is 0 Å². The quantitative estimate of drug-likeness (QED) is 0.716. The van der Waals surface area contributed by atoms with Crippen LogP contribution in [-0.2, 0) is 6.54 Å². The van der Waals surface area contributed by atoms with Gasteiger partial charge in [0.1, 0.15) is 17.7 Å². The van der Waals surface area contributed by atoms with Crippen LogP contribution in [-0.4, -0.2) is 32.6 Å². The normalized spacial score (nSPS) is 16.9. The molecule has 0 aliphatic carbocycles. The molecule has 0 saturated carbocycles. The van der Waals surface area contributed by atoms with Crippen molar-refractivity contribution in [3.05, 3.63) is 71.7 Å². The van der Waals surface area contributed by atoms with Crippen molar-refractivity contribution in [2.24, 2.45) is 0 Å². The highest BCUT2D eigenvalue weighted by Gasteiger charge is 2.27. The lowest BCUT2D eigenvalue weighted by Gasteiger charge is -2.34. The van der Waals surface area contributed by atoms with Crippen LogP contribution in [0.1, 0.15) is 41.4 Å². The van der Waals surface area contributed by atoms with E-state index in [0.717, 1.165) is 49.8 Å². The largest absolute Gasteiger partial charge is 0.355 e. The molecule has 6 heteroatoms. The molecule has 27 heavy (non-hydrogen) atoms. The summed E-state index contributed by atoms with van der Waals surface area (Å²) in [6, 6.07) is 10.1. The third-order valence-electron chi connectivity index (χ3n) is 5.07. The van der Waals surface area contributed by atoms with Crippen molar-refractivity contribution < 1.29 is 0 Å². The number of aryl methyl sites for hydroxylation is 1. The van der Waals surface area contributed by atoms with Crippen LogP contribution in [0.5, 0.6) is 0 Å². The van der Waals surface area contributed by atoms with Gasteiger partial charge in [0.15, 0.2) is 0 Å². The highest BCUT2D eigenvalue weighted by molar-refractivity contribution is 5.54. The van der Waals surface area contributed by atoms with Crippen LogP contribution in [0.2, 0.25) is 0 Å². The molecule has 1 aliphatic heterocycles. The van der Waals surface area contributed by atoms with Gasteiger partial charge in [0.25, 0.3) is 0 Å². The summed E-state index contributed by atoms with van der Waals surface area (Å²) < 4.78 is 2.22. The molecule has 4 rings (SSSR count). The zero-order valence-corrected chi connectivity index (χ0v) is 15.4. The summed E-state index contributed by atoms with van der Waals surface area (Å²) in [5.74, 6) is 2.22. The van der Waals surface area contributed by atoms with Crippen LogP contribution in [0.15, 0.2) is 49.1 Å². The van der Waals surface area contributed by atoms with Crippen molar-refractivity contribution in [1.82, 2.24) is 19.5 Å². The number of anilines is 1. The predicted molar refractivity (Wildman–Crippen MR) is 103 cm³/mol. The van der Waals surface area contributed by atoms with Gasteiger partial charge in [-0.1, -0.05) is 0 Å². The van der Waals surface area contributed by atoms with E-state index in [0.29, 0.717) is 11.5 Å². The van der Waals surface area contributed by atoms with Crippen molar-refractivity contribution in [2.75, 3.05) is 18.0 Å². The van der Waals surface area contributed by atoms with E-state index in [-0.39, 0.29) is 0 Å². The van der Waals surface area contributed by atoms with E-state index in [2.05, 4.69) is 30.5 Å². The average Bonchev–Trinajstić information content (AvgIpc) is 3.17. The molecule has 0 N–H and O–H groups in total. The number of nitrogens with zero attached hydrogens (tertiary/aromatic N) is 6. The summed E-state index contributed by atoms with van der Waals surface area (Å²) in [6.07, 6.45) is 9.72. The Morgan fingerprint density at radius 2 is 2.04 bits per heavy atom. The molecule has 1 saturated heterocycles. The van der Waals surface area contributed by atoms with E-state index in [9.17, 15) is 5.26 Å². The molecule has 0 spiro atoms. The summed E-state index contributed by atoms with van der Waals surface area (Å²) >= 11 is 0. The summed E-state index contributed by atoms with van der Waals surface area (Å²) in [6.45, 7) is 4.51. The monoisotopic (exact) mass is 358 g/mol. The molecular weight excluding hydrogens is 336 g/mol. The molecule has 0 bridgehead atoms. The van der Waals surface area contributed by atoms with Crippen LogP contribution in [0, 0.1) is 18.3 Å². The summed E-state index contributed by atoms with van der Waals surface area (Å²) in [5, 5.41) is 9.46. The van der Waals surface area contributed by atoms with Crippen molar-refractivity contribution in [3.63, 3.8) is 0 Å². The van der Waals surface area contributed by atoms with Crippen LogP contribution in [0.4, 0.5) is 5.82 Å². The van der Waals surface area contributed by atoms with Gasteiger partial charge in [-0.3, -0.25) is 4.98 Å². The van der Waals surface area contributed by atoms with E-state index in [4.69, 9.17) is 0 Å². The van der Waals surface area contributed by atoms with E-state index in [1.54, 1.807) is 0 Å². The van der Waals surface area contributed by atoms with Gasteiger partial charge in [-0.2, -0.15) is 5.26 Å². The zero-order valence-electron chi connectivity index (χ0n) is 15.4. The molecule has 1 fully saturated rings. The fourth-order valence-corrected chi connectivity index (χ4v) is 3.75. The minimum absolute atomic E-state index is 0.324. The average molecular weight is 358 g/mol. The lowest BCUT2D eigenvalue weighted by molar-refractivity contribution is 0.473. The Balaban J connectivity index is 1.57. The Labute approximate surface area is 159 Å². The van der Waals surface area contributed by atoms with E-state index in [1.165, 1.54) is 5.56 Å². The number of rotatable bonds is 4. The molecule has 0 amide bonds. The van der Waals surface area contributed by atoms with Gasteiger partial charge in [-0.25, -0.2) is 9.97 Å². The van der Waals surface area contributed by atoms with Gasteiger partial charge >= 0.3 is 0 Å². The van der Waals surface area contributed by atoms with Gasteiger partial charge in [0, 0.05) is 56.0 Å². The van der Waals surface area contributed by atoms with Gasteiger partial charge in [0.05, 0.1) is 5.56 Å². The summed E-state index contributed by atoms with van der Waals surface area (Å²) in [7, 11) is 0. The van der Waals surface area contributed by atoms with Gasteiger partial charge in [0.2, 0.25) is 0 Å². The molecule has 1 atom stereocenters. The molecule has 0 radical (unpaired) electrons. The van der Waals surface area contributed by atoms with Crippen molar-refractivity contribution in [2.45, 2.75) is 32.2 Å². The molecule has 3 aromatic heterocycles. The molecular formula is C21H22N6. The molecule has 136 valence electrons. The number of pyridine rings is 2. The second-order valence-corrected chi connectivity index (χ2v) is 6.99. The number of aromatic nitrogens is 4. The maximum Gasteiger partial charge on any atom is 0.146 e. The first-order chi connectivity index (χ1) is 13.2. The third-order valence-corrected chi connectivity index (χ3v) is 5.07. The van der Waals surface area contributed by atoms with Crippen molar-refractivity contribution in [1.29, 1.82) is 5.26 Å². The number of piperidine rings is 1. The highest BCUT2D eigenvalue weighted by atomic mass is 15.2. The zero-order chi connectivity index (χ0) is 18.6. The Morgan fingerprint density at radius 1 is 1.19 bits per heavy atom. The molecule has 3 aromatic rings. The van der Waals surface area contributed by atoms with Crippen molar-refractivity contribution in [3.8, 4) is 6.07 Å². The standard InChI is InChI=1S/C21H22N6/c1-16-4-5-18(13-22)21(25-16)26-11-2-3-19(15-26)20-24-10-12-27(20)14-17-6-8-23-9-7-17/h4-10,12,19H,2-3,11,14-15H2,1H3/t19-/m0/s1. The lowest BCUT2D eigenvalue weighted by atomic mass is 9.96. The topological polar surface area (TPSA) is 70.6 Å². The van der Waals surface area contributed by atoms with Gasteiger partial charge in [-0.05, 0) is 49.6 Å². The maximum atomic E-state index is 9.46. The molecule has 6 nitrogen and oxygen atoms in total. The lowest BCUT2D eigenvalue weighted by Crippen LogP contribution is -2.36. The second-order valence-electron chi connectivity index (χ2n) is 6.99. The van der Waals surface area contributed by atoms with E-state index < -0.39 is 0 Å². The smallest absolute Gasteiger partial charge is 0.146 e. The maximum absolute atomic E-state index is 9.46. The Hall–Kier alpha value is -3.20. The number of imidazole rings is 1. The molecule has 0 unspecified atom stereocenters. The first-order valence-electron chi connectivity index (χ1n) is 9.27. The highest BCUT2D eigenvalue weighted by Crippen LogP contribution is 2.30. The second kappa shape index (κ2) is 7.58. The first-order valence-corrected chi connectivity index (χ1v) is 9.27. The van der Waals surface area contributed by atoms with Crippen molar-refractivity contribution >= 4 is 5.82 Å². The minimum atomic E-state index is 0.324. The summed E-state index contributed by atoms with van der Waals surface area (Å²) in [4.78, 5) is 15.6. The minimum Gasteiger partial charge on any atom is -0.355 e. The van der Waals surface area contributed by atoms with E-state index in [1.807, 2.05) is 56.0 Å². The Kier molecular flexibility index (Phi) is 4.84. The SMILES string of the molecule is Cc1ccc(C#N)c(N2CCC[C@H](c3nccn3Cc3ccncc3)C2)n1. The van der Waals surface area contributed by atoms with Gasteiger partial charge < -0.3 is 9.47 Å². The van der Waals surface area contributed by atoms with Crippen LogP contribution < -0.4 is 4.90 Å². The fraction of sp³-hybridized carbons (Fsp3) is 0.333. The number of hydrogen-bond donors (Lipinski definition) is 0. The third kappa shape index (κ3) is 3.68. The predicted octanol–water partition coefficient (Wildman–Crippen LogP) is 3.29. The molecule has 1 aliphatic rings. The number of hydrogen-bond acceptors (Lipinski definition) is 5. The van der Waals surface area contributed by atoms with Crippen LogP contribution >= 0.6 is 0 Å². The summed E-state index contributed by atoms with van der Waals surface area (Å²) in [5.41, 5.74) is 2.79. The Bertz CT molecular complexity index is 956. The van der Waals surface area contributed by atoms with Gasteiger partial charge in [-0.15, -0.1) is 0 Å².